The van der Waals surface area contributed by atoms with Crippen LogP contribution in [0, 0.1) is 0 Å². The lowest BCUT2D eigenvalue weighted by molar-refractivity contribution is 0.107. The molecule has 0 N–H and O–H groups in total. The van der Waals surface area contributed by atoms with Gasteiger partial charge >= 0.3 is 0 Å². The molecule has 4 rings (SSSR count). The first-order chi connectivity index (χ1) is 10.2. The largest absolute Gasteiger partial charge is 0.289 e. The number of carbonyl (C=O) groups is 1. The van der Waals surface area contributed by atoms with Crippen molar-refractivity contribution in [2.24, 2.45) is 0 Å². The van der Waals surface area contributed by atoms with Crippen molar-refractivity contribution < 1.29 is 4.79 Å². The monoisotopic (exact) mass is 358 g/mol. The molecule has 1 saturated carbocycles. The summed E-state index contributed by atoms with van der Waals surface area (Å²) in [7, 11) is -0.585. The van der Waals surface area contributed by atoms with E-state index in [9.17, 15) is 4.79 Å². The van der Waals surface area contributed by atoms with E-state index in [1.165, 1.54) is 24.0 Å². The van der Waals surface area contributed by atoms with Gasteiger partial charge in [0.1, 0.15) is 0 Å². The molecule has 1 heterocycles. The zero-order valence-corrected chi connectivity index (χ0v) is 14.2. The maximum atomic E-state index is 12.9. The molecule has 1 spiro atoms. The topological polar surface area (TPSA) is 17.1 Å². The minimum Gasteiger partial charge on any atom is -0.289 e. The molecular formula is C18H16BrOP. The third kappa shape index (κ3) is 2.39. The van der Waals surface area contributed by atoms with Crippen molar-refractivity contribution in [2.45, 2.75) is 24.4 Å². The summed E-state index contributed by atoms with van der Waals surface area (Å²) >= 11 is 3.55. The number of halogens is 1. The lowest BCUT2D eigenvalue weighted by Gasteiger charge is -2.31. The van der Waals surface area contributed by atoms with Gasteiger partial charge in [-0.2, -0.15) is 0 Å². The first-order valence-electron chi connectivity index (χ1n) is 7.31. The summed E-state index contributed by atoms with van der Waals surface area (Å²) in [6, 6.07) is 16.7. The first-order valence-corrected chi connectivity index (χ1v) is 9.82. The number of hydrogen-bond donors (Lipinski definition) is 0. The quantitative estimate of drug-likeness (QED) is 0.664. The molecule has 2 aromatic rings. The van der Waals surface area contributed by atoms with Crippen LogP contribution >= 0.6 is 23.9 Å². The van der Waals surface area contributed by atoms with Crippen LogP contribution in [0.25, 0.3) is 0 Å². The second-order valence-corrected chi connectivity index (χ2v) is 9.15. The molecular weight excluding hydrogens is 343 g/mol. The predicted molar refractivity (Wildman–Crippen MR) is 91.3 cm³/mol. The summed E-state index contributed by atoms with van der Waals surface area (Å²) in [5.41, 5.74) is 4.30. The van der Waals surface area contributed by atoms with Crippen LogP contribution in [0.4, 0.5) is 0 Å². The second-order valence-electron chi connectivity index (χ2n) is 6.12. The van der Waals surface area contributed by atoms with Gasteiger partial charge in [0.2, 0.25) is 0 Å². The molecule has 2 aliphatic rings. The maximum Gasteiger partial charge on any atom is 0.184 e. The minimum atomic E-state index is -0.585. The maximum absolute atomic E-state index is 12.9. The normalized spacial score (nSPS) is 22.1. The molecule has 106 valence electrons. The summed E-state index contributed by atoms with van der Waals surface area (Å²) in [5.74, 6) is 0. The smallest absolute Gasteiger partial charge is 0.184 e. The van der Waals surface area contributed by atoms with E-state index in [1.54, 1.807) is 0 Å². The minimum absolute atomic E-state index is 0.313. The van der Waals surface area contributed by atoms with Crippen molar-refractivity contribution >= 4 is 29.4 Å². The predicted octanol–water partition coefficient (Wildman–Crippen LogP) is 5.32. The van der Waals surface area contributed by atoms with Gasteiger partial charge in [0, 0.05) is 15.5 Å². The van der Waals surface area contributed by atoms with Crippen LogP contribution in [0.5, 0.6) is 0 Å². The molecule has 1 atom stereocenters. The lowest BCUT2D eigenvalue weighted by atomic mass is 9.93. The summed E-state index contributed by atoms with van der Waals surface area (Å²) in [6.07, 6.45) is 4.51. The van der Waals surface area contributed by atoms with E-state index in [0.717, 1.165) is 22.4 Å². The highest BCUT2D eigenvalue weighted by molar-refractivity contribution is 9.10. The van der Waals surface area contributed by atoms with Crippen molar-refractivity contribution in [3.8, 4) is 0 Å². The van der Waals surface area contributed by atoms with Crippen molar-refractivity contribution in [1.82, 2.24) is 0 Å². The number of rotatable bonds is 2. The highest BCUT2D eigenvalue weighted by Gasteiger charge is 2.51. The van der Waals surface area contributed by atoms with Crippen molar-refractivity contribution in [3.05, 3.63) is 69.7 Å². The Kier molecular flexibility index (Phi) is 3.28. The third-order valence-corrected chi connectivity index (χ3v) is 7.68. The van der Waals surface area contributed by atoms with Gasteiger partial charge < -0.3 is 0 Å². The zero-order chi connectivity index (χ0) is 14.4. The van der Waals surface area contributed by atoms with Crippen LogP contribution in [-0.2, 0) is 11.6 Å². The molecule has 1 unspecified atom stereocenters. The molecule has 1 aliphatic heterocycles. The van der Waals surface area contributed by atoms with E-state index in [-0.39, 0.29) is 0 Å². The highest BCUT2D eigenvalue weighted by Crippen LogP contribution is 2.63. The number of hydrogen-bond acceptors (Lipinski definition) is 1. The Bertz CT molecular complexity index is 706. The van der Waals surface area contributed by atoms with Crippen LogP contribution in [0.3, 0.4) is 0 Å². The Morgan fingerprint density at radius 1 is 1.10 bits per heavy atom. The zero-order valence-electron chi connectivity index (χ0n) is 11.7. The Labute approximate surface area is 134 Å². The van der Waals surface area contributed by atoms with Gasteiger partial charge in [-0.05, 0) is 62.4 Å². The third-order valence-electron chi connectivity index (χ3n) is 4.63. The summed E-state index contributed by atoms with van der Waals surface area (Å²) in [6.45, 7) is 0. The second kappa shape index (κ2) is 5.04. The number of carbonyl (C=O) groups excluding carboxylic acids is 1. The molecule has 0 saturated heterocycles. The van der Waals surface area contributed by atoms with E-state index in [1.807, 2.05) is 18.2 Å². The summed E-state index contributed by atoms with van der Waals surface area (Å²) in [5, 5.41) is 0. The van der Waals surface area contributed by atoms with E-state index >= 15 is 0 Å². The van der Waals surface area contributed by atoms with Crippen LogP contribution in [-0.4, -0.2) is 11.7 Å². The van der Waals surface area contributed by atoms with Gasteiger partial charge in [-0.15, -0.1) is 0 Å². The fraction of sp³-hybridized carbons (Fsp3) is 0.278. The van der Waals surface area contributed by atoms with Gasteiger partial charge in [-0.3, -0.25) is 4.79 Å². The van der Waals surface area contributed by atoms with Gasteiger partial charge in [0.15, 0.2) is 5.52 Å². The van der Waals surface area contributed by atoms with Crippen LogP contribution in [0.1, 0.15) is 34.3 Å². The Balaban J connectivity index is 1.70. The molecule has 0 aromatic heterocycles. The fourth-order valence-electron chi connectivity index (χ4n) is 3.34. The van der Waals surface area contributed by atoms with Crippen molar-refractivity contribution in [1.29, 1.82) is 0 Å². The van der Waals surface area contributed by atoms with Gasteiger partial charge in [0.25, 0.3) is 0 Å². The Morgan fingerprint density at radius 3 is 2.57 bits per heavy atom. The molecule has 1 nitrogen and oxygen atoms in total. The molecule has 3 heteroatoms. The Morgan fingerprint density at radius 2 is 1.86 bits per heavy atom. The standard InChI is InChI=1S/C18H16BrOP/c19-14-6-7-15-16(10-14)18(8-9-18)12-21(17(15)20)11-13-4-2-1-3-5-13/h1-7,10H,8-9,11-12H2. The van der Waals surface area contributed by atoms with Gasteiger partial charge in [-0.1, -0.05) is 46.3 Å². The van der Waals surface area contributed by atoms with Crippen LogP contribution < -0.4 is 0 Å². The van der Waals surface area contributed by atoms with E-state index in [4.69, 9.17) is 0 Å². The Hall–Kier alpha value is -0.980. The van der Waals surface area contributed by atoms with Crippen molar-refractivity contribution in [2.75, 3.05) is 6.16 Å². The number of fused-ring (bicyclic) bond motifs is 2. The SMILES string of the molecule is O=C1c2ccc(Br)cc2C2(CC2)CP1Cc1ccccc1. The molecule has 0 bridgehead atoms. The first kappa shape index (κ1) is 13.7. The van der Waals surface area contributed by atoms with E-state index < -0.39 is 7.92 Å². The molecule has 2 aromatic carbocycles. The highest BCUT2D eigenvalue weighted by atomic mass is 79.9. The average Bonchev–Trinajstić information content (AvgIpc) is 3.26. The molecule has 1 aliphatic carbocycles. The number of benzene rings is 2. The van der Waals surface area contributed by atoms with Gasteiger partial charge in [0.05, 0.1) is 0 Å². The molecule has 0 amide bonds. The van der Waals surface area contributed by atoms with Crippen LogP contribution in [0.15, 0.2) is 53.0 Å². The van der Waals surface area contributed by atoms with Gasteiger partial charge in [-0.25, -0.2) is 0 Å². The van der Waals surface area contributed by atoms with E-state index in [2.05, 4.69) is 46.3 Å². The summed E-state index contributed by atoms with van der Waals surface area (Å²) in [4.78, 5) is 12.9. The summed E-state index contributed by atoms with van der Waals surface area (Å²) < 4.78 is 1.09. The van der Waals surface area contributed by atoms with Crippen LogP contribution in [0.2, 0.25) is 0 Å². The van der Waals surface area contributed by atoms with Crippen molar-refractivity contribution in [3.63, 3.8) is 0 Å². The van der Waals surface area contributed by atoms with E-state index in [0.29, 0.717) is 10.9 Å². The molecule has 21 heavy (non-hydrogen) atoms. The molecule has 1 fully saturated rings. The average molecular weight is 359 g/mol. The lowest BCUT2D eigenvalue weighted by Crippen LogP contribution is -2.24. The fourth-order valence-corrected chi connectivity index (χ4v) is 6.51. The molecule has 0 radical (unpaired) electrons.